The van der Waals surface area contributed by atoms with E-state index in [0.717, 1.165) is 29.8 Å². The van der Waals surface area contributed by atoms with E-state index in [0.29, 0.717) is 19.1 Å². The van der Waals surface area contributed by atoms with Crippen LogP contribution in [0.1, 0.15) is 11.5 Å². The molecule has 0 saturated carbocycles. The fourth-order valence-electron chi connectivity index (χ4n) is 2.31. The molecule has 1 aromatic heterocycles. The van der Waals surface area contributed by atoms with Gasteiger partial charge >= 0.3 is 0 Å². The fourth-order valence-corrected chi connectivity index (χ4v) is 2.31. The lowest BCUT2D eigenvalue weighted by atomic mass is 9.87. The molecule has 19 heavy (non-hydrogen) atoms. The number of rotatable bonds is 5. The van der Waals surface area contributed by atoms with E-state index in [1.165, 1.54) is 0 Å². The van der Waals surface area contributed by atoms with Gasteiger partial charge in [-0.25, -0.2) is 4.98 Å². The van der Waals surface area contributed by atoms with Gasteiger partial charge in [0.25, 0.3) is 0 Å². The molecule has 2 heterocycles. The lowest BCUT2D eigenvalue weighted by Crippen LogP contribution is -2.52. The molecular formula is C14H18N2O3. The van der Waals surface area contributed by atoms with E-state index in [1.54, 1.807) is 0 Å². The summed E-state index contributed by atoms with van der Waals surface area (Å²) in [6, 6.07) is 6.02. The van der Waals surface area contributed by atoms with Crippen LogP contribution >= 0.6 is 0 Å². The van der Waals surface area contributed by atoms with Gasteiger partial charge < -0.3 is 19.6 Å². The van der Waals surface area contributed by atoms with Crippen molar-refractivity contribution in [2.45, 2.75) is 13.5 Å². The van der Waals surface area contributed by atoms with Crippen molar-refractivity contribution in [3.05, 3.63) is 29.7 Å². The average Bonchev–Trinajstić information content (AvgIpc) is 2.72. The fraction of sp³-hybridized carbons (Fsp3) is 0.500. The third-order valence-corrected chi connectivity index (χ3v) is 3.54. The van der Waals surface area contributed by atoms with Crippen molar-refractivity contribution >= 4 is 11.1 Å². The van der Waals surface area contributed by atoms with Gasteiger partial charge in [0.1, 0.15) is 5.52 Å². The third kappa shape index (κ3) is 2.49. The van der Waals surface area contributed by atoms with Gasteiger partial charge in [-0.3, -0.25) is 0 Å². The van der Waals surface area contributed by atoms with Crippen LogP contribution in [-0.4, -0.2) is 36.5 Å². The molecule has 0 spiro atoms. The first-order valence-corrected chi connectivity index (χ1v) is 6.46. The number of oxazole rings is 1. The zero-order valence-electron chi connectivity index (χ0n) is 11.0. The topological polar surface area (TPSA) is 67.5 Å². The molecule has 3 rings (SSSR count). The van der Waals surface area contributed by atoms with Gasteiger partial charge in [-0.2, -0.15) is 0 Å². The summed E-state index contributed by atoms with van der Waals surface area (Å²) in [6.45, 7) is 4.79. The Kier molecular flexibility index (Phi) is 3.26. The van der Waals surface area contributed by atoms with E-state index in [-0.39, 0.29) is 12.0 Å². The second-order valence-electron chi connectivity index (χ2n) is 5.29. The molecule has 5 heteroatoms. The summed E-state index contributed by atoms with van der Waals surface area (Å²) in [5.74, 6) is 0.686. The monoisotopic (exact) mass is 262 g/mol. The van der Waals surface area contributed by atoms with E-state index in [4.69, 9.17) is 9.15 Å². The number of nitrogens with zero attached hydrogens (tertiary/aromatic N) is 1. The number of aliphatic hydroxyl groups is 1. The van der Waals surface area contributed by atoms with E-state index in [2.05, 4.69) is 10.3 Å². The van der Waals surface area contributed by atoms with Crippen LogP contribution in [0.4, 0.5) is 0 Å². The molecule has 0 bridgehead atoms. The molecule has 1 aromatic carbocycles. The van der Waals surface area contributed by atoms with Gasteiger partial charge in [-0.15, -0.1) is 0 Å². The van der Waals surface area contributed by atoms with Crippen molar-refractivity contribution in [2.75, 3.05) is 26.4 Å². The maximum Gasteiger partial charge on any atom is 0.192 e. The molecular weight excluding hydrogens is 244 g/mol. The zero-order valence-corrected chi connectivity index (χ0v) is 11.0. The second kappa shape index (κ2) is 4.92. The number of aromatic nitrogens is 1. The summed E-state index contributed by atoms with van der Waals surface area (Å²) >= 11 is 0. The molecule has 0 atom stereocenters. The van der Waals surface area contributed by atoms with Gasteiger partial charge in [0.2, 0.25) is 0 Å². The summed E-state index contributed by atoms with van der Waals surface area (Å²) in [7, 11) is 0. The number of hydrogen-bond acceptors (Lipinski definition) is 5. The molecule has 0 radical (unpaired) electrons. The average molecular weight is 262 g/mol. The standard InChI is InChI=1S/C14H18N2O3/c1-10-16-12-3-2-11(4-13(12)19-10)5-15-6-14(7-17)8-18-9-14/h2-4,15,17H,5-9H2,1H3. The quantitative estimate of drug-likeness (QED) is 0.848. The van der Waals surface area contributed by atoms with Gasteiger partial charge in [-0.05, 0) is 17.7 Å². The van der Waals surface area contributed by atoms with Crippen molar-refractivity contribution in [1.82, 2.24) is 10.3 Å². The Bertz CT molecular complexity index is 570. The molecule has 2 aromatic rings. The van der Waals surface area contributed by atoms with Gasteiger partial charge in [0.15, 0.2) is 11.5 Å². The minimum absolute atomic E-state index is 0.0904. The molecule has 0 aliphatic carbocycles. The molecule has 0 unspecified atom stereocenters. The summed E-state index contributed by atoms with van der Waals surface area (Å²) in [4.78, 5) is 4.27. The minimum atomic E-state index is -0.0904. The number of nitrogens with one attached hydrogen (secondary N) is 1. The SMILES string of the molecule is Cc1nc2ccc(CNCC3(CO)COC3)cc2o1. The van der Waals surface area contributed by atoms with E-state index in [1.807, 2.05) is 25.1 Å². The van der Waals surface area contributed by atoms with Crippen molar-refractivity contribution in [3.63, 3.8) is 0 Å². The number of benzene rings is 1. The van der Waals surface area contributed by atoms with E-state index >= 15 is 0 Å². The van der Waals surface area contributed by atoms with Crippen molar-refractivity contribution in [2.24, 2.45) is 5.41 Å². The van der Waals surface area contributed by atoms with Crippen molar-refractivity contribution in [1.29, 1.82) is 0 Å². The molecule has 2 N–H and O–H groups in total. The van der Waals surface area contributed by atoms with Crippen LogP contribution in [0.15, 0.2) is 22.6 Å². The van der Waals surface area contributed by atoms with Crippen LogP contribution in [0.3, 0.4) is 0 Å². The lowest BCUT2D eigenvalue weighted by Gasteiger charge is -2.40. The lowest BCUT2D eigenvalue weighted by molar-refractivity contribution is -0.134. The highest BCUT2D eigenvalue weighted by atomic mass is 16.5. The van der Waals surface area contributed by atoms with Gasteiger partial charge in [0, 0.05) is 20.0 Å². The number of aryl methyl sites for hydroxylation is 1. The number of ether oxygens (including phenoxy) is 1. The second-order valence-corrected chi connectivity index (χ2v) is 5.29. The maximum atomic E-state index is 9.33. The van der Waals surface area contributed by atoms with E-state index in [9.17, 15) is 5.11 Å². The van der Waals surface area contributed by atoms with E-state index < -0.39 is 0 Å². The highest BCUT2D eigenvalue weighted by Crippen LogP contribution is 2.25. The summed E-state index contributed by atoms with van der Waals surface area (Å²) in [5, 5.41) is 12.7. The normalized spacial score (nSPS) is 17.6. The smallest absolute Gasteiger partial charge is 0.192 e. The molecule has 5 nitrogen and oxygen atoms in total. The molecule has 1 aliphatic heterocycles. The Hall–Kier alpha value is -1.43. The Morgan fingerprint density at radius 2 is 2.26 bits per heavy atom. The first-order chi connectivity index (χ1) is 9.21. The first kappa shape index (κ1) is 12.6. The highest BCUT2D eigenvalue weighted by Gasteiger charge is 2.37. The number of hydrogen-bond donors (Lipinski definition) is 2. The van der Waals surface area contributed by atoms with Crippen LogP contribution < -0.4 is 5.32 Å². The Morgan fingerprint density at radius 3 is 2.95 bits per heavy atom. The molecule has 1 saturated heterocycles. The number of aliphatic hydroxyl groups excluding tert-OH is 1. The van der Waals surface area contributed by atoms with Gasteiger partial charge in [-0.1, -0.05) is 6.07 Å². The molecule has 1 fully saturated rings. The Morgan fingerprint density at radius 1 is 1.42 bits per heavy atom. The predicted octanol–water partition coefficient (Wildman–Crippen LogP) is 1.23. The largest absolute Gasteiger partial charge is 0.441 e. The first-order valence-electron chi connectivity index (χ1n) is 6.46. The number of fused-ring (bicyclic) bond motifs is 1. The molecule has 102 valence electrons. The predicted molar refractivity (Wildman–Crippen MR) is 70.8 cm³/mol. The highest BCUT2D eigenvalue weighted by molar-refractivity contribution is 5.73. The van der Waals surface area contributed by atoms with Crippen LogP contribution in [0.2, 0.25) is 0 Å². The summed E-state index contributed by atoms with van der Waals surface area (Å²) in [6.07, 6.45) is 0. The Labute approximate surface area is 111 Å². The molecule has 0 amide bonds. The van der Waals surface area contributed by atoms with Crippen LogP contribution in [0.5, 0.6) is 0 Å². The third-order valence-electron chi connectivity index (χ3n) is 3.54. The minimum Gasteiger partial charge on any atom is -0.441 e. The molecule has 1 aliphatic rings. The Balaban J connectivity index is 1.62. The summed E-state index contributed by atoms with van der Waals surface area (Å²) in [5.41, 5.74) is 2.77. The summed E-state index contributed by atoms with van der Waals surface area (Å²) < 4.78 is 10.7. The van der Waals surface area contributed by atoms with Crippen LogP contribution in [0, 0.1) is 12.3 Å². The van der Waals surface area contributed by atoms with Crippen molar-refractivity contribution < 1.29 is 14.3 Å². The maximum absolute atomic E-state index is 9.33. The van der Waals surface area contributed by atoms with Gasteiger partial charge in [0.05, 0.1) is 25.2 Å². The van der Waals surface area contributed by atoms with Crippen LogP contribution in [0.25, 0.3) is 11.1 Å². The van der Waals surface area contributed by atoms with Crippen molar-refractivity contribution in [3.8, 4) is 0 Å². The van der Waals surface area contributed by atoms with Crippen LogP contribution in [-0.2, 0) is 11.3 Å². The zero-order chi connectivity index (χ0) is 13.3.